The van der Waals surface area contributed by atoms with E-state index in [2.05, 4.69) is 97.4 Å². The van der Waals surface area contributed by atoms with Crippen LogP contribution in [0.2, 0.25) is 0 Å². The Kier molecular flexibility index (Phi) is 18.1. The van der Waals surface area contributed by atoms with E-state index in [1.165, 1.54) is 53.5 Å². The minimum absolute atomic E-state index is 0.593. The third kappa shape index (κ3) is 17.4. The highest BCUT2D eigenvalue weighted by molar-refractivity contribution is 5.30. The quantitative estimate of drug-likeness (QED) is 0.132. The van der Waals surface area contributed by atoms with E-state index < -0.39 is 0 Å². The zero-order valence-electron chi connectivity index (χ0n) is 23.5. The van der Waals surface area contributed by atoms with Crippen molar-refractivity contribution in [3.05, 3.63) is 96.2 Å². The van der Waals surface area contributed by atoms with Crippen LogP contribution >= 0.6 is 0 Å². The molecular formula is C34H54. The van der Waals surface area contributed by atoms with E-state index in [9.17, 15) is 0 Å². The van der Waals surface area contributed by atoms with Crippen LogP contribution in [0.3, 0.4) is 0 Å². The Hall–Kier alpha value is -2.08. The Balaban J connectivity index is 5.18. The molecule has 0 fully saturated rings. The standard InChI is InChI=1S/C34H54/c1-11-14-16-30(8)23-31(9)25-34(26-32(10)24-33(12-2)13-3)18-15-17-28(6)21-22-29(7)20-19-27(4)5/h15,18-20,22,26,31,33H,4,6,8,10-14,16-17,21,23-25H2,1-3,5,7,9H3. The molecule has 1 atom stereocenters. The maximum atomic E-state index is 4.39. The summed E-state index contributed by atoms with van der Waals surface area (Å²) in [5, 5.41) is 0. The Morgan fingerprint density at radius 2 is 1.47 bits per heavy atom. The Bertz CT molecular complexity index is 758. The summed E-state index contributed by atoms with van der Waals surface area (Å²) in [4.78, 5) is 0. The summed E-state index contributed by atoms with van der Waals surface area (Å²) in [6.07, 6.45) is 24.5. The molecule has 0 radical (unpaired) electrons. The lowest BCUT2D eigenvalue weighted by Crippen LogP contribution is -2.00. The summed E-state index contributed by atoms with van der Waals surface area (Å²) in [5.74, 6) is 1.32. The van der Waals surface area contributed by atoms with Gasteiger partial charge in [-0.25, -0.2) is 0 Å². The SMILES string of the molecule is C=C(C)C=CC(C)=CCC(=C)CC=CC(=CC(=C)CC(CC)CC)CC(C)CC(=C)CCCC. The minimum atomic E-state index is 0.593. The molecule has 0 aromatic heterocycles. The smallest absolute Gasteiger partial charge is 0.0133 e. The van der Waals surface area contributed by atoms with Crippen molar-refractivity contribution in [3.63, 3.8) is 0 Å². The van der Waals surface area contributed by atoms with Gasteiger partial charge in [-0.15, -0.1) is 0 Å². The molecular weight excluding hydrogens is 408 g/mol. The molecule has 0 rings (SSSR count). The molecule has 0 saturated heterocycles. The zero-order valence-corrected chi connectivity index (χ0v) is 23.5. The van der Waals surface area contributed by atoms with E-state index in [-0.39, 0.29) is 0 Å². The van der Waals surface area contributed by atoms with E-state index in [0.717, 1.165) is 50.0 Å². The molecule has 0 heterocycles. The van der Waals surface area contributed by atoms with Gasteiger partial charge in [0.05, 0.1) is 0 Å². The number of hydrogen-bond acceptors (Lipinski definition) is 0. The summed E-state index contributed by atoms with van der Waals surface area (Å²) in [5.41, 5.74) is 7.59. The molecule has 34 heavy (non-hydrogen) atoms. The summed E-state index contributed by atoms with van der Waals surface area (Å²) < 4.78 is 0. The van der Waals surface area contributed by atoms with Crippen molar-refractivity contribution in [2.45, 2.75) is 106 Å². The van der Waals surface area contributed by atoms with Crippen molar-refractivity contribution >= 4 is 0 Å². The number of allylic oxidation sites excluding steroid dienone is 12. The topological polar surface area (TPSA) is 0 Å². The first-order chi connectivity index (χ1) is 16.1. The van der Waals surface area contributed by atoms with Gasteiger partial charge >= 0.3 is 0 Å². The van der Waals surface area contributed by atoms with E-state index in [0.29, 0.717) is 5.92 Å². The van der Waals surface area contributed by atoms with Crippen molar-refractivity contribution in [1.82, 2.24) is 0 Å². The Morgan fingerprint density at radius 1 is 0.794 bits per heavy atom. The minimum Gasteiger partial charge on any atom is -0.0999 e. The van der Waals surface area contributed by atoms with Gasteiger partial charge in [-0.1, -0.05) is 138 Å². The van der Waals surface area contributed by atoms with Gasteiger partial charge in [-0.3, -0.25) is 0 Å². The molecule has 1 unspecified atom stereocenters. The van der Waals surface area contributed by atoms with E-state index >= 15 is 0 Å². The van der Waals surface area contributed by atoms with Crippen molar-refractivity contribution in [2.24, 2.45) is 11.8 Å². The highest BCUT2D eigenvalue weighted by Crippen LogP contribution is 2.25. The van der Waals surface area contributed by atoms with Crippen LogP contribution in [0.5, 0.6) is 0 Å². The van der Waals surface area contributed by atoms with Crippen LogP contribution in [-0.2, 0) is 0 Å². The summed E-state index contributed by atoms with van der Waals surface area (Å²) in [6, 6.07) is 0. The van der Waals surface area contributed by atoms with Crippen LogP contribution in [-0.4, -0.2) is 0 Å². The molecule has 0 aliphatic carbocycles. The first-order valence-corrected chi connectivity index (χ1v) is 13.5. The van der Waals surface area contributed by atoms with Crippen LogP contribution < -0.4 is 0 Å². The van der Waals surface area contributed by atoms with E-state index in [1.54, 1.807) is 0 Å². The Morgan fingerprint density at radius 3 is 2.06 bits per heavy atom. The molecule has 190 valence electrons. The number of unbranched alkanes of at least 4 members (excludes halogenated alkanes) is 1. The molecule has 0 saturated carbocycles. The molecule has 0 spiro atoms. The van der Waals surface area contributed by atoms with Gasteiger partial charge in [0.1, 0.15) is 0 Å². The van der Waals surface area contributed by atoms with E-state index in [1.807, 2.05) is 6.92 Å². The average molecular weight is 463 g/mol. The van der Waals surface area contributed by atoms with Gasteiger partial charge in [0.15, 0.2) is 0 Å². The van der Waals surface area contributed by atoms with Gasteiger partial charge in [-0.2, -0.15) is 0 Å². The fraction of sp³-hybridized carbons (Fsp3) is 0.529. The Labute approximate surface area is 213 Å². The van der Waals surface area contributed by atoms with Gasteiger partial charge in [0, 0.05) is 0 Å². The van der Waals surface area contributed by atoms with E-state index in [4.69, 9.17) is 0 Å². The third-order valence-corrected chi connectivity index (χ3v) is 6.28. The molecule has 0 amide bonds. The molecule has 0 aromatic carbocycles. The lowest BCUT2D eigenvalue weighted by molar-refractivity contribution is 0.492. The molecule has 0 heteroatoms. The van der Waals surface area contributed by atoms with Crippen molar-refractivity contribution in [1.29, 1.82) is 0 Å². The number of rotatable bonds is 19. The largest absolute Gasteiger partial charge is 0.0999 e. The fourth-order valence-electron chi connectivity index (χ4n) is 4.05. The summed E-state index contributed by atoms with van der Waals surface area (Å²) in [6.45, 7) is 30.2. The second-order valence-electron chi connectivity index (χ2n) is 10.3. The average Bonchev–Trinajstić information content (AvgIpc) is 2.78. The lowest BCUT2D eigenvalue weighted by Gasteiger charge is -2.16. The van der Waals surface area contributed by atoms with Gasteiger partial charge < -0.3 is 0 Å². The van der Waals surface area contributed by atoms with Gasteiger partial charge in [-0.05, 0) is 76.2 Å². The summed E-state index contributed by atoms with van der Waals surface area (Å²) >= 11 is 0. The maximum absolute atomic E-state index is 4.39. The van der Waals surface area contributed by atoms with Crippen LogP contribution in [0.15, 0.2) is 96.2 Å². The zero-order chi connectivity index (χ0) is 25.9. The fourth-order valence-corrected chi connectivity index (χ4v) is 4.05. The van der Waals surface area contributed by atoms with Gasteiger partial charge in [0.25, 0.3) is 0 Å². The molecule has 0 aromatic rings. The summed E-state index contributed by atoms with van der Waals surface area (Å²) in [7, 11) is 0. The number of hydrogen-bond donors (Lipinski definition) is 0. The van der Waals surface area contributed by atoms with Crippen molar-refractivity contribution < 1.29 is 0 Å². The lowest BCUT2D eigenvalue weighted by atomic mass is 9.89. The first kappa shape index (κ1) is 31.9. The second-order valence-corrected chi connectivity index (χ2v) is 10.3. The normalized spacial score (nSPS) is 13.7. The third-order valence-electron chi connectivity index (χ3n) is 6.28. The van der Waals surface area contributed by atoms with Crippen LogP contribution in [0.25, 0.3) is 0 Å². The molecule has 0 bridgehead atoms. The van der Waals surface area contributed by atoms with Crippen LogP contribution in [0, 0.1) is 11.8 Å². The first-order valence-electron chi connectivity index (χ1n) is 13.5. The highest BCUT2D eigenvalue weighted by Gasteiger charge is 2.09. The van der Waals surface area contributed by atoms with Crippen molar-refractivity contribution in [2.75, 3.05) is 0 Å². The highest BCUT2D eigenvalue weighted by atomic mass is 14.1. The van der Waals surface area contributed by atoms with Crippen LogP contribution in [0.1, 0.15) is 106 Å². The molecule has 0 nitrogen and oxygen atoms in total. The van der Waals surface area contributed by atoms with Crippen molar-refractivity contribution in [3.8, 4) is 0 Å². The van der Waals surface area contributed by atoms with Crippen LogP contribution in [0.4, 0.5) is 0 Å². The maximum Gasteiger partial charge on any atom is -0.0133 e. The monoisotopic (exact) mass is 462 g/mol. The predicted octanol–water partition coefficient (Wildman–Crippen LogP) is 11.4. The molecule has 0 aliphatic rings. The van der Waals surface area contributed by atoms with Gasteiger partial charge in [0.2, 0.25) is 0 Å². The predicted molar refractivity (Wildman–Crippen MR) is 158 cm³/mol. The molecule has 0 aliphatic heterocycles. The molecule has 0 N–H and O–H groups in total. The second kappa shape index (κ2) is 19.2.